The Hall–Kier alpha value is -2.21. The van der Waals surface area contributed by atoms with E-state index in [1.54, 1.807) is 0 Å². The lowest BCUT2D eigenvalue weighted by atomic mass is 10.1. The summed E-state index contributed by atoms with van der Waals surface area (Å²) in [7, 11) is 0. The lowest BCUT2D eigenvalue weighted by molar-refractivity contribution is -0.385. The molecule has 21 heavy (non-hydrogen) atoms. The number of rotatable bonds is 4. The number of hydrogen-bond acceptors (Lipinski definition) is 3. The van der Waals surface area contributed by atoms with Gasteiger partial charge in [0.2, 0.25) is 0 Å². The quantitative estimate of drug-likeness (QED) is 0.670. The maximum atomic E-state index is 13.7. The highest BCUT2D eigenvalue weighted by atomic mass is 35.5. The van der Waals surface area contributed by atoms with Crippen molar-refractivity contribution in [1.82, 2.24) is 0 Å². The van der Waals surface area contributed by atoms with Crippen LogP contribution in [-0.4, -0.2) is 4.92 Å². The Balaban J connectivity index is 2.29. The van der Waals surface area contributed by atoms with Gasteiger partial charge in [0.1, 0.15) is 11.6 Å². The van der Waals surface area contributed by atoms with Gasteiger partial charge in [-0.3, -0.25) is 10.1 Å². The van der Waals surface area contributed by atoms with Crippen LogP contribution in [-0.2, 0) is 6.54 Å². The molecule has 4 nitrogen and oxygen atoms in total. The number of anilines is 1. The number of hydrogen-bond donors (Lipinski definition) is 1. The van der Waals surface area contributed by atoms with Crippen LogP contribution in [0.15, 0.2) is 30.3 Å². The molecule has 0 heterocycles. The highest BCUT2D eigenvalue weighted by Crippen LogP contribution is 2.28. The van der Waals surface area contributed by atoms with Gasteiger partial charge in [-0.15, -0.1) is 0 Å². The molecule has 1 N–H and O–H groups in total. The third-order valence-electron chi connectivity index (χ3n) is 2.99. The van der Waals surface area contributed by atoms with E-state index in [9.17, 15) is 18.9 Å². The normalized spacial score (nSPS) is 10.5. The van der Waals surface area contributed by atoms with Crippen LogP contribution >= 0.6 is 11.6 Å². The average Bonchev–Trinajstić information content (AvgIpc) is 2.42. The SMILES string of the molecule is Cc1cc(F)c(NCc2c(Cl)cccc2[N+](=O)[O-])cc1F. The van der Waals surface area contributed by atoms with Crippen LogP contribution in [0.25, 0.3) is 0 Å². The molecule has 0 aliphatic heterocycles. The lowest BCUT2D eigenvalue weighted by Crippen LogP contribution is -2.06. The number of nitrogens with zero attached hydrogens (tertiary/aromatic N) is 1. The molecule has 0 atom stereocenters. The van der Waals surface area contributed by atoms with Gasteiger partial charge in [0.25, 0.3) is 5.69 Å². The van der Waals surface area contributed by atoms with Crippen molar-refractivity contribution in [2.24, 2.45) is 0 Å². The second kappa shape index (κ2) is 6.05. The zero-order valence-corrected chi connectivity index (χ0v) is 11.7. The predicted octanol–water partition coefficient (Wildman–Crippen LogP) is 4.45. The van der Waals surface area contributed by atoms with Gasteiger partial charge in [0, 0.05) is 18.7 Å². The molecule has 0 saturated heterocycles. The van der Waals surface area contributed by atoms with Crippen LogP contribution in [0.3, 0.4) is 0 Å². The molecule has 0 bridgehead atoms. The molecule has 7 heteroatoms. The van der Waals surface area contributed by atoms with E-state index < -0.39 is 16.6 Å². The third-order valence-corrected chi connectivity index (χ3v) is 3.35. The van der Waals surface area contributed by atoms with Gasteiger partial charge in [-0.25, -0.2) is 8.78 Å². The van der Waals surface area contributed by atoms with E-state index in [2.05, 4.69) is 5.32 Å². The van der Waals surface area contributed by atoms with Gasteiger partial charge in [0.15, 0.2) is 0 Å². The van der Waals surface area contributed by atoms with Crippen molar-refractivity contribution in [2.75, 3.05) is 5.32 Å². The maximum absolute atomic E-state index is 13.7. The van der Waals surface area contributed by atoms with Crippen LogP contribution in [0.1, 0.15) is 11.1 Å². The van der Waals surface area contributed by atoms with Gasteiger partial charge in [-0.1, -0.05) is 17.7 Å². The Morgan fingerprint density at radius 1 is 1.29 bits per heavy atom. The van der Waals surface area contributed by atoms with Gasteiger partial charge in [-0.05, 0) is 24.6 Å². The first-order chi connectivity index (χ1) is 9.90. The number of nitro groups is 1. The summed E-state index contributed by atoms with van der Waals surface area (Å²) in [6.07, 6.45) is 0. The van der Waals surface area contributed by atoms with Crippen molar-refractivity contribution in [3.63, 3.8) is 0 Å². The first-order valence-corrected chi connectivity index (χ1v) is 6.39. The second-order valence-corrected chi connectivity index (χ2v) is 4.84. The molecule has 0 amide bonds. The fourth-order valence-corrected chi connectivity index (χ4v) is 2.10. The molecular weight excluding hydrogens is 302 g/mol. The summed E-state index contributed by atoms with van der Waals surface area (Å²) >= 11 is 5.92. The summed E-state index contributed by atoms with van der Waals surface area (Å²) in [6.45, 7) is 1.36. The van der Waals surface area contributed by atoms with E-state index in [0.29, 0.717) is 0 Å². The highest BCUT2D eigenvalue weighted by molar-refractivity contribution is 6.31. The zero-order valence-electron chi connectivity index (χ0n) is 11.0. The fourth-order valence-electron chi connectivity index (χ4n) is 1.86. The molecule has 0 unspecified atom stereocenters. The van der Waals surface area contributed by atoms with Crippen LogP contribution in [0, 0.1) is 28.7 Å². The first-order valence-electron chi connectivity index (χ1n) is 6.01. The minimum absolute atomic E-state index is 0.0766. The molecular formula is C14H11ClF2N2O2. The second-order valence-electron chi connectivity index (χ2n) is 4.43. The van der Waals surface area contributed by atoms with Crippen molar-refractivity contribution in [1.29, 1.82) is 0 Å². The van der Waals surface area contributed by atoms with E-state index in [1.807, 2.05) is 0 Å². The van der Waals surface area contributed by atoms with Crippen molar-refractivity contribution >= 4 is 23.0 Å². The Morgan fingerprint density at radius 2 is 2.00 bits per heavy atom. The van der Waals surface area contributed by atoms with Crippen molar-refractivity contribution in [3.05, 3.63) is 68.2 Å². The predicted molar refractivity (Wildman–Crippen MR) is 76.5 cm³/mol. The average molecular weight is 313 g/mol. The Kier molecular flexibility index (Phi) is 4.37. The molecule has 0 aromatic heterocycles. The largest absolute Gasteiger partial charge is 0.378 e. The zero-order chi connectivity index (χ0) is 15.6. The minimum Gasteiger partial charge on any atom is -0.378 e. The van der Waals surface area contributed by atoms with E-state index in [4.69, 9.17) is 11.6 Å². The summed E-state index contributed by atoms with van der Waals surface area (Å²) < 4.78 is 27.1. The fraction of sp³-hybridized carbons (Fsp3) is 0.143. The van der Waals surface area contributed by atoms with E-state index in [-0.39, 0.29) is 34.1 Å². The summed E-state index contributed by atoms with van der Waals surface area (Å²) in [5, 5.41) is 13.8. The number of halogens is 3. The maximum Gasteiger partial charge on any atom is 0.275 e. The standard InChI is InChI=1S/C14H11ClF2N2O2/c1-8-5-12(17)13(6-11(8)16)18-7-9-10(15)3-2-4-14(9)19(20)21/h2-6,18H,7H2,1H3. The number of nitrogens with one attached hydrogen (secondary N) is 1. The highest BCUT2D eigenvalue weighted by Gasteiger charge is 2.17. The van der Waals surface area contributed by atoms with E-state index in [0.717, 1.165) is 12.1 Å². The first kappa shape index (κ1) is 15.2. The van der Waals surface area contributed by atoms with Gasteiger partial charge >= 0.3 is 0 Å². The Bertz CT molecular complexity index is 708. The summed E-state index contributed by atoms with van der Waals surface area (Å²) in [5.41, 5.74) is 0.140. The molecule has 2 aromatic rings. The van der Waals surface area contributed by atoms with Gasteiger partial charge < -0.3 is 5.32 Å². The number of benzene rings is 2. The molecule has 0 aliphatic rings. The Morgan fingerprint density at radius 3 is 2.67 bits per heavy atom. The van der Waals surface area contributed by atoms with Gasteiger partial charge in [0.05, 0.1) is 21.2 Å². The van der Waals surface area contributed by atoms with Crippen molar-refractivity contribution in [2.45, 2.75) is 13.5 Å². The lowest BCUT2D eigenvalue weighted by Gasteiger charge is -2.10. The summed E-state index contributed by atoms with van der Waals surface area (Å²) in [5.74, 6) is -1.20. The molecule has 0 spiro atoms. The van der Waals surface area contributed by atoms with E-state index >= 15 is 0 Å². The summed E-state index contributed by atoms with van der Waals surface area (Å²) in [4.78, 5) is 10.4. The molecule has 0 radical (unpaired) electrons. The monoisotopic (exact) mass is 312 g/mol. The molecule has 0 fully saturated rings. The molecule has 0 aliphatic carbocycles. The molecule has 2 aromatic carbocycles. The van der Waals surface area contributed by atoms with Crippen LogP contribution in [0.5, 0.6) is 0 Å². The van der Waals surface area contributed by atoms with Crippen molar-refractivity contribution in [3.8, 4) is 0 Å². The smallest absolute Gasteiger partial charge is 0.275 e. The molecule has 2 rings (SSSR count). The molecule has 0 saturated carbocycles. The Labute approximate surface area is 124 Å². The minimum atomic E-state index is -0.636. The van der Waals surface area contributed by atoms with Crippen LogP contribution in [0.4, 0.5) is 20.2 Å². The van der Waals surface area contributed by atoms with Crippen molar-refractivity contribution < 1.29 is 13.7 Å². The summed E-state index contributed by atoms with van der Waals surface area (Å²) in [6, 6.07) is 6.31. The number of aryl methyl sites for hydroxylation is 1. The van der Waals surface area contributed by atoms with Crippen LogP contribution < -0.4 is 5.32 Å². The number of nitro benzene ring substituents is 1. The van der Waals surface area contributed by atoms with Crippen LogP contribution in [0.2, 0.25) is 5.02 Å². The third kappa shape index (κ3) is 3.28. The van der Waals surface area contributed by atoms with Gasteiger partial charge in [-0.2, -0.15) is 0 Å². The van der Waals surface area contributed by atoms with E-state index in [1.165, 1.54) is 25.1 Å². The topological polar surface area (TPSA) is 55.2 Å². The molecule has 110 valence electrons.